The number of imide groups is 1. The largest absolute Gasteiger partial charge is 0.497 e. The molecule has 1 fully saturated rings. The van der Waals surface area contributed by atoms with Crippen LogP contribution >= 0.6 is 11.3 Å². The predicted octanol–water partition coefficient (Wildman–Crippen LogP) is 3.26. The lowest BCUT2D eigenvalue weighted by molar-refractivity contribution is -0.134. The van der Waals surface area contributed by atoms with E-state index in [1.54, 1.807) is 50.7 Å². The first kappa shape index (κ1) is 25.8. The second kappa shape index (κ2) is 10.8. The van der Waals surface area contributed by atoms with E-state index in [9.17, 15) is 19.2 Å². The molecule has 2 N–H and O–H groups in total. The van der Waals surface area contributed by atoms with Crippen LogP contribution in [-0.4, -0.2) is 65.8 Å². The van der Waals surface area contributed by atoms with Crippen molar-refractivity contribution in [1.29, 1.82) is 0 Å². The van der Waals surface area contributed by atoms with Gasteiger partial charge in [0.2, 0.25) is 5.91 Å². The molecule has 0 radical (unpaired) electrons. The Morgan fingerprint density at radius 3 is 2.41 bits per heavy atom. The fourth-order valence-corrected chi connectivity index (χ4v) is 4.81. The number of nitrogens with zero attached hydrogens (tertiary/aromatic N) is 3. The molecule has 5 amide bonds. The van der Waals surface area contributed by atoms with Crippen molar-refractivity contribution in [3.63, 3.8) is 0 Å². The number of hydrogen-bond donors (Lipinski definition) is 2. The molecule has 0 aliphatic carbocycles. The van der Waals surface area contributed by atoms with Gasteiger partial charge in [-0.3, -0.25) is 14.4 Å². The van der Waals surface area contributed by atoms with Crippen molar-refractivity contribution in [2.75, 3.05) is 26.5 Å². The minimum atomic E-state index is -1.17. The van der Waals surface area contributed by atoms with E-state index < -0.39 is 35.8 Å². The molecule has 1 aliphatic heterocycles. The number of thiazole rings is 1. The highest BCUT2D eigenvalue weighted by Crippen LogP contribution is 2.32. The average Bonchev–Trinajstić information content (AvgIpc) is 3.48. The molecule has 11 heteroatoms. The van der Waals surface area contributed by atoms with E-state index in [1.807, 2.05) is 30.3 Å². The van der Waals surface area contributed by atoms with Crippen LogP contribution in [0.4, 0.5) is 9.93 Å². The maximum absolute atomic E-state index is 13.6. The van der Waals surface area contributed by atoms with Gasteiger partial charge in [0.15, 0.2) is 5.13 Å². The van der Waals surface area contributed by atoms with E-state index in [1.165, 1.54) is 12.0 Å². The third kappa shape index (κ3) is 5.31. The zero-order valence-electron chi connectivity index (χ0n) is 20.8. The Hall–Kier alpha value is -4.25. The van der Waals surface area contributed by atoms with E-state index in [2.05, 4.69) is 15.6 Å². The molecular formula is C26H27N5O5S. The summed E-state index contributed by atoms with van der Waals surface area (Å²) in [5.74, 6) is -1.35. The fraction of sp³-hybridized carbons (Fsp3) is 0.269. The van der Waals surface area contributed by atoms with Crippen molar-refractivity contribution in [1.82, 2.24) is 20.1 Å². The number of carbonyl (C=O) groups excluding carboxylic acids is 4. The van der Waals surface area contributed by atoms with Gasteiger partial charge in [-0.05, 0) is 23.3 Å². The molecular weight excluding hydrogens is 494 g/mol. The van der Waals surface area contributed by atoms with Gasteiger partial charge in [-0.15, -0.1) is 11.3 Å². The summed E-state index contributed by atoms with van der Waals surface area (Å²) in [4.78, 5) is 59.1. The first-order valence-corrected chi connectivity index (χ1v) is 12.4. The van der Waals surface area contributed by atoms with Crippen LogP contribution in [0.3, 0.4) is 0 Å². The van der Waals surface area contributed by atoms with Crippen molar-refractivity contribution in [2.24, 2.45) is 0 Å². The van der Waals surface area contributed by atoms with Crippen LogP contribution in [0.1, 0.15) is 40.5 Å². The van der Waals surface area contributed by atoms with Gasteiger partial charge in [0.05, 0.1) is 7.11 Å². The molecule has 1 saturated heterocycles. The Morgan fingerprint density at radius 1 is 1.11 bits per heavy atom. The highest BCUT2D eigenvalue weighted by molar-refractivity contribution is 7.14. The van der Waals surface area contributed by atoms with Gasteiger partial charge in [0.1, 0.15) is 23.5 Å². The van der Waals surface area contributed by atoms with Gasteiger partial charge in [-0.25, -0.2) is 14.7 Å². The summed E-state index contributed by atoms with van der Waals surface area (Å²) in [5.41, 5.74) is 1.53. The molecule has 0 spiro atoms. The molecule has 4 rings (SSSR count). The third-order valence-corrected chi connectivity index (χ3v) is 6.88. The van der Waals surface area contributed by atoms with Gasteiger partial charge in [-0.1, -0.05) is 49.4 Å². The molecule has 10 nitrogen and oxygen atoms in total. The predicted molar refractivity (Wildman–Crippen MR) is 139 cm³/mol. The Bertz CT molecular complexity index is 1310. The van der Waals surface area contributed by atoms with Crippen molar-refractivity contribution in [2.45, 2.75) is 24.9 Å². The number of anilines is 1. The summed E-state index contributed by atoms with van der Waals surface area (Å²) < 4.78 is 5.17. The fourth-order valence-electron chi connectivity index (χ4n) is 4.12. The number of methoxy groups -OCH3 is 1. The van der Waals surface area contributed by atoms with E-state index in [0.717, 1.165) is 21.8 Å². The summed E-state index contributed by atoms with van der Waals surface area (Å²) in [7, 11) is 4.75. The van der Waals surface area contributed by atoms with Crippen LogP contribution in [0.25, 0.3) is 0 Å². The number of aromatic nitrogens is 1. The van der Waals surface area contributed by atoms with E-state index in [4.69, 9.17) is 4.74 Å². The van der Waals surface area contributed by atoms with Crippen molar-refractivity contribution in [3.8, 4) is 5.75 Å². The maximum Gasteiger partial charge on any atom is 0.325 e. The lowest BCUT2D eigenvalue weighted by Crippen LogP contribution is -2.50. The molecule has 37 heavy (non-hydrogen) atoms. The van der Waals surface area contributed by atoms with Crippen molar-refractivity contribution >= 4 is 40.2 Å². The molecule has 192 valence electrons. The number of hydrogen-bond acceptors (Lipinski definition) is 7. The molecule has 0 bridgehead atoms. The monoisotopic (exact) mass is 521 g/mol. The van der Waals surface area contributed by atoms with E-state index in [-0.39, 0.29) is 16.7 Å². The Morgan fingerprint density at radius 2 is 1.78 bits per heavy atom. The number of ether oxygens (including phenoxy) is 1. The smallest absolute Gasteiger partial charge is 0.325 e. The first-order valence-electron chi connectivity index (χ1n) is 11.5. The van der Waals surface area contributed by atoms with Gasteiger partial charge in [0.25, 0.3) is 11.8 Å². The third-order valence-electron chi connectivity index (χ3n) is 6.13. The average molecular weight is 522 g/mol. The van der Waals surface area contributed by atoms with Crippen LogP contribution in [0.2, 0.25) is 0 Å². The summed E-state index contributed by atoms with van der Waals surface area (Å²) in [5, 5.41) is 7.14. The highest BCUT2D eigenvalue weighted by Gasteiger charge is 2.47. The lowest BCUT2D eigenvalue weighted by Gasteiger charge is -2.29. The number of urea groups is 1. The zero-order chi connectivity index (χ0) is 26.7. The second-order valence-corrected chi connectivity index (χ2v) is 9.59. The molecule has 2 heterocycles. The minimum absolute atomic E-state index is 0.188. The summed E-state index contributed by atoms with van der Waals surface area (Å²) in [6.45, 7) is 1.78. The Kier molecular flexibility index (Phi) is 7.53. The number of benzene rings is 2. The van der Waals surface area contributed by atoms with Crippen LogP contribution < -0.4 is 15.4 Å². The lowest BCUT2D eigenvalue weighted by atomic mass is 9.91. The van der Waals surface area contributed by atoms with E-state index >= 15 is 0 Å². The summed E-state index contributed by atoms with van der Waals surface area (Å²) >= 11 is 1.09. The first-order chi connectivity index (χ1) is 17.7. The second-order valence-electron chi connectivity index (χ2n) is 8.73. The number of carbonyl (C=O) groups is 4. The quantitative estimate of drug-likeness (QED) is 0.439. The van der Waals surface area contributed by atoms with Crippen LogP contribution in [-0.2, 0) is 9.59 Å². The topological polar surface area (TPSA) is 121 Å². The van der Waals surface area contributed by atoms with Gasteiger partial charge >= 0.3 is 6.03 Å². The van der Waals surface area contributed by atoms with Crippen molar-refractivity contribution in [3.05, 3.63) is 76.8 Å². The molecule has 1 aliphatic rings. The van der Waals surface area contributed by atoms with E-state index in [0.29, 0.717) is 11.3 Å². The normalized spacial score (nSPS) is 16.6. The van der Waals surface area contributed by atoms with Gasteiger partial charge < -0.3 is 20.3 Å². The molecule has 2 aromatic carbocycles. The summed E-state index contributed by atoms with van der Waals surface area (Å²) in [6.07, 6.45) is 0. The molecule has 2 unspecified atom stereocenters. The Labute approximate surface area is 218 Å². The highest BCUT2D eigenvalue weighted by atomic mass is 32.1. The number of nitrogens with one attached hydrogen (secondary N) is 2. The molecule has 3 atom stereocenters. The molecule has 1 aromatic heterocycles. The molecule has 0 saturated carbocycles. The van der Waals surface area contributed by atoms with Crippen LogP contribution in [0.15, 0.2) is 60.0 Å². The number of amides is 5. The molecule has 3 aromatic rings. The maximum atomic E-state index is 13.6. The minimum Gasteiger partial charge on any atom is -0.497 e. The van der Waals surface area contributed by atoms with Crippen LogP contribution in [0, 0.1) is 0 Å². The van der Waals surface area contributed by atoms with Gasteiger partial charge in [0, 0.05) is 25.4 Å². The van der Waals surface area contributed by atoms with Gasteiger partial charge in [-0.2, -0.15) is 0 Å². The SMILES string of the molecule is COc1ccc([C@H]2NC(=O)N(C(C(=O)Nc3nc(C(=O)N(C)C)cs3)C(C)c3ccccc3)C2=O)cc1. The van der Waals surface area contributed by atoms with Crippen molar-refractivity contribution < 1.29 is 23.9 Å². The summed E-state index contributed by atoms with van der Waals surface area (Å²) in [6, 6.07) is 13.2. The Balaban J connectivity index is 1.65. The zero-order valence-corrected chi connectivity index (χ0v) is 21.6. The van der Waals surface area contributed by atoms with Crippen LogP contribution in [0.5, 0.6) is 5.75 Å². The number of rotatable bonds is 8. The standard InChI is InChI=1S/C26H27N5O5S/c1-15(16-8-6-5-7-9-16)21(22(32)29-25-27-19(14-37-25)23(33)30(2)3)31-24(34)20(28-26(31)35)17-10-12-18(36-4)13-11-17/h5-15,20-21H,1-4H3,(H,28,35)(H,27,29,32)/t15?,20-,21?/m1/s1.